The molecule has 1 unspecified atom stereocenters. The first-order chi connectivity index (χ1) is 8.88. The molecule has 2 aromatic rings. The van der Waals surface area contributed by atoms with E-state index in [1.54, 1.807) is 19.1 Å². The minimum absolute atomic E-state index is 0.286. The van der Waals surface area contributed by atoms with E-state index in [0.717, 1.165) is 11.1 Å². The Balaban J connectivity index is 2.25. The van der Waals surface area contributed by atoms with Gasteiger partial charge in [-0.15, -0.1) is 0 Å². The van der Waals surface area contributed by atoms with Gasteiger partial charge in [-0.1, -0.05) is 30.3 Å². The number of rotatable bonds is 3. The van der Waals surface area contributed by atoms with Crippen LogP contribution in [0.2, 0.25) is 0 Å². The van der Waals surface area contributed by atoms with Gasteiger partial charge in [0.25, 0.3) is 0 Å². The van der Waals surface area contributed by atoms with Gasteiger partial charge in [-0.3, -0.25) is 0 Å². The van der Waals surface area contributed by atoms with Crippen molar-refractivity contribution in [3.63, 3.8) is 0 Å². The first-order valence-electron chi connectivity index (χ1n) is 6.43. The van der Waals surface area contributed by atoms with Crippen molar-refractivity contribution in [2.24, 2.45) is 0 Å². The monoisotopic (exact) mass is 258 g/mol. The highest BCUT2D eigenvalue weighted by molar-refractivity contribution is 5.32. The molecule has 0 bridgehead atoms. The largest absolute Gasteiger partial charge is 0.385 e. The summed E-state index contributed by atoms with van der Waals surface area (Å²) in [5, 5.41) is 10.6. The molecule has 0 aromatic heterocycles. The Morgan fingerprint density at radius 2 is 1.63 bits per heavy atom. The second-order valence-corrected chi connectivity index (χ2v) is 5.38. The molecule has 0 radical (unpaired) electrons. The van der Waals surface area contributed by atoms with Crippen LogP contribution in [0.5, 0.6) is 0 Å². The predicted octanol–water partition coefficient (Wildman–Crippen LogP) is 3.89. The number of benzene rings is 2. The van der Waals surface area contributed by atoms with E-state index >= 15 is 0 Å². The maximum Gasteiger partial charge on any atom is 0.123 e. The number of hydrogen-bond acceptors (Lipinski definition) is 1. The standard InChI is InChI=1S/C17H19FO/c1-12-4-5-14(10-13(12)2)11-17(3,19)15-6-8-16(18)9-7-15/h4-10,19H,11H2,1-3H3. The minimum atomic E-state index is -0.991. The maximum absolute atomic E-state index is 12.9. The fraction of sp³-hybridized carbons (Fsp3) is 0.294. The summed E-state index contributed by atoms with van der Waals surface area (Å²) in [6.45, 7) is 5.89. The van der Waals surface area contributed by atoms with E-state index in [2.05, 4.69) is 26.0 Å². The summed E-state index contributed by atoms with van der Waals surface area (Å²) in [4.78, 5) is 0. The molecule has 0 spiro atoms. The van der Waals surface area contributed by atoms with Crippen molar-refractivity contribution in [3.05, 3.63) is 70.5 Å². The van der Waals surface area contributed by atoms with Crippen molar-refractivity contribution in [1.29, 1.82) is 0 Å². The van der Waals surface area contributed by atoms with Crippen LogP contribution < -0.4 is 0 Å². The van der Waals surface area contributed by atoms with E-state index in [1.165, 1.54) is 23.3 Å². The van der Waals surface area contributed by atoms with E-state index in [-0.39, 0.29) is 5.82 Å². The normalized spacial score (nSPS) is 14.2. The van der Waals surface area contributed by atoms with Crippen LogP contribution in [-0.4, -0.2) is 5.11 Å². The smallest absolute Gasteiger partial charge is 0.123 e. The van der Waals surface area contributed by atoms with Crippen LogP contribution in [0.25, 0.3) is 0 Å². The molecule has 19 heavy (non-hydrogen) atoms. The third kappa shape index (κ3) is 3.21. The first kappa shape index (κ1) is 13.8. The highest BCUT2D eigenvalue weighted by atomic mass is 19.1. The van der Waals surface area contributed by atoms with Crippen molar-refractivity contribution in [2.75, 3.05) is 0 Å². The molecule has 0 aliphatic carbocycles. The van der Waals surface area contributed by atoms with Crippen LogP contribution >= 0.6 is 0 Å². The highest BCUT2D eigenvalue weighted by Gasteiger charge is 2.23. The van der Waals surface area contributed by atoms with Gasteiger partial charge in [-0.25, -0.2) is 4.39 Å². The number of aliphatic hydroxyl groups is 1. The van der Waals surface area contributed by atoms with Gasteiger partial charge in [0, 0.05) is 6.42 Å². The van der Waals surface area contributed by atoms with E-state index in [4.69, 9.17) is 0 Å². The van der Waals surface area contributed by atoms with Gasteiger partial charge in [-0.05, 0) is 55.2 Å². The molecule has 2 aromatic carbocycles. The second-order valence-electron chi connectivity index (χ2n) is 5.38. The molecule has 2 rings (SSSR count). The second kappa shape index (κ2) is 5.14. The summed E-state index contributed by atoms with van der Waals surface area (Å²) in [5.74, 6) is -0.286. The molecule has 0 aliphatic heterocycles. The summed E-state index contributed by atoms with van der Waals surface area (Å²) >= 11 is 0. The average Bonchev–Trinajstić information content (AvgIpc) is 2.34. The Kier molecular flexibility index (Phi) is 3.72. The first-order valence-corrected chi connectivity index (χ1v) is 6.43. The van der Waals surface area contributed by atoms with E-state index in [0.29, 0.717) is 6.42 Å². The Bertz CT molecular complexity index is 570. The maximum atomic E-state index is 12.9. The topological polar surface area (TPSA) is 20.2 Å². The van der Waals surface area contributed by atoms with Gasteiger partial charge in [0.15, 0.2) is 0 Å². The van der Waals surface area contributed by atoms with Crippen LogP contribution in [0.3, 0.4) is 0 Å². The lowest BCUT2D eigenvalue weighted by molar-refractivity contribution is 0.0575. The molecule has 0 saturated carbocycles. The summed E-state index contributed by atoms with van der Waals surface area (Å²) in [6, 6.07) is 12.2. The Hall–Kier alpha value is -1.67. The zero-order chi connectivity index (χ0) is 14.0. The molecule has 0 aliphatic rings. The molecule has 1 atom stereocenters. The van der Waals surface area contributed by atoms with Crippen molar-refractivity contribution in [3.8, 4) is 0 Å². The number of halogens is 1. The van der Waals surface area contributed by atoms with Gasteiger partial charge < -0.3 is 5.11 Å². The summed E-state index contributed by atoms with van der Waals surface area (Å²) in [7, 11) is 0. The van der Waals surface area contributed by atoms with Gasteiger partial charge in [-0.2, -0.15) is 0 Å². The minimum Gasteiger partial charge on any atom is -0.385 e. The predicted molar refractivity (Wildman–Crippen MR) is 75.6 cm³/mol. The van der Waals surface area contributed by atoms with Crippen molar-refractivity contribution in [1.82, 2.24) is 0 Å². The van der Waals surface area contributed by atoms with Crippen LogP contribution in [-0.2, 0) is 12.0 Å². The SMILES string of the molecule is Cc1ccc(CC(C)(O)c2ccc(F)cc2)cc1C. The fourth-order valence-corrected chi connectivity index (χ4v) is 2.22. The van der Waals surface area contributed by atoms with E-state index in [9.17, 15) is 9.50 Å². The van der Waals surface area contributed by atoms with Gasteiger partial charge in [0.1, 0.15) is 5.82 Å². The molecule has 1 nitrogen and oxygen atoms in total. The van der Waals surface area contributed by atoms with Crippen LogP contribution in [0.15, 0.2) is 42.5 Å². The lowest BCUT2D eigenvalue weighted by Crippen LogP contribution is -2.24. The van der Waals surface area contributed by atoms with Crippen LogP contribution in [0, 0.1) is 19.7 Å². The molecular weight excluding hydrogens is 239 g/mol. The third-order valence-corrected chi connectivity index (χ3v) is 3.59. The number of hydrogen-bond donors (Lipinski definition) is 1. The molecule has 0 heterocycles. The van der Waals surface area contributed by atoms with Gasteiger partial charge >= 0.3 is 0 Å². The zero-order valence-corrected chi connectivity index (χ0v) is 11.6. The molecule has 0 amide bonds. The highest BCUT2D eigenvalue weighted by Crippen LogP contribution is 2.26. The fourth-order valence-electron chi connectivity index (χ4n) is 2.22. The summed E-state index contributed by atoms with van der Waals surface area (Å²) in [6.07, 6.45) is 0.514. The molecule has 2 heteroatoms. The van der Waals surface area contributed by atoms with Crippen molar-refractivity contribution in [2.45, 2.75) is 32.8 Å². The lowest BCUT2D eigenvalue weighted by atomic mass is 9.88. The lowest BCUT2D eigenvalue weighted by Gasteiger charge is -2.24. The van der Waals surface area contributed by atoms with Crippen LogP contribution in [0.1, 0.15) is 29.2 Å². The van der Waals surface area contributed by atoms with Crippen molar-refractivity contribution >= 4 is 0 Å². The molecule has 0 saturated heterocycles. The van der Waals surface area contributed by atoms with E-state index in [1.807, 2.05) is 6.07 Å². The third-order valence-electron chi connectivity index (χ3n) is 3.59. The Morgan fingerprint density at radius 1 is 1.00 bits per heavy atom. The van der Waals surface area contributed by atoms with Gasteiger partial charge in [0.05, 0.1) is 5.60 Å². The average molecular weight is 258 g/mol. The van der Waals surface area contributed by atoms with Crippen LogP contribution in [0.4, 0.5) is 4.39 Å². The molecule has 100 valence electrons. The number of aryl methyl sites for hydroxylation is 2. The summed E-state index contributed by atoms with van der Waals surface area (Å²) in [5.41, 5.74) is 3.28. The molecular formula is C17H19FO. The quantitative estimate of drug-likeness (QED) is 0.885. The molecule has 1 N–H and O–H groups in total. The molecule has 0 fully saturated rings. The Morgan fingerprint density at radius 3 is 2.21 bits per heavy atom. The zero-order valence-electron chi connectivity index (χ0n) is 11.6. The summed E-state index contributed by atoms with van der Waals surface area (Å²) < 4.78 is 12.9. The van der Waals surface area contributed by atoms with Crippen molar-refractivity contribution < 1.29 is 9.50 Å². The Labute approximate surface area is 113 Å². The van der Waals surface area contributed by atoms with E-state index < -0.39 is 5.60 Å². The van der Waals surface area contributed by atoms with Gasteiger partial charge in [0.2, 0.25) is 0 Å².